The average Bonchev–Trinajstić information content (AvgIpc) is 2.97. The Morgan fingerprint density at radius 1 is 1.17 bits per heavy atom. The number of fused-ring (bicyclic) bond motifs is 1. The van der Waals surface area contributed by atoms with Gasteiger partial charge in [0.05, 0.1) is 19.5 Å². The molecule has 1 aliphatic rings. The van der Waals surface area contributed by atoms with E-state index in [0.29, 0.717) is 25.7 Å². The number of halogens is 1. The Morgan fingerprint density at radius 2 is 2.00 bits per heavy atom. The molecule has 0 fully saturated rings. The van der Waals surface area contributed by atoms with Gasteiger partial charge < -0.3 is 24.5 Å². The number of rotatable bonds is 4. The second-order valence-corrected chi connectivity index (χ2v) is 5.11. The topological polar surface area (TPSA) is 68.0 Å². The number of nitrogens with one attached hydrogen (secondary N) is 2. The van der Waals surface area contributed by atoms with Crippen molar-refractivity contribution in [2.75, 3.05) is 25.1 Å². The third kappa shape index (κ3) is 5.05. The van der Waals surface area contributed by atoms with Gasteiger partial charge in [-0.1, -0.05) is 0 Å². The molecule has 130 valence electrons. The summed E-state index contributed by atoms with van der Waals surface area (Å²) in [6, 6.07) is 9.56. The number of benzene rings is 1. The summed E-state index contributed by atoms with van der Waals surface area (Å²) in [4.78, 5) is 4.51. The predicted molar refractivity (Wildman–Crippen MR) is 105 cm³/mol. The molecule has 0 spiro atoms. The molecule has 2 aromatic rings. The molecule has 0 radical (unpaired) electrons. The van der Waals surface area contributed by atoms with Crippen LogP contribution in [-0.4, -0.2) is 25.7 Å². The standard InChI is InChI=1S/C17H21N3O3.HI/c1-2-18-17(19-12-14-5-3-8-21-14)20-13-6-7-15-16(11-13)23-10-4-9-22-15;/h3,5-8,11H,2,4,9-10,12H2,1H3,(H2,18,19,20);1H. The van der Waals surface area contributed by atoms with Crippen LogP contribution in [0.4, 0.5) is 5.69 Å². The summed E-state index contributed by atoms with van der Waals surface area (Å²) >= 11 is 0. The number of aliphatic imine (C=N–C) groups is 1. The van der Waals surface area contributed by atoms with Crippen molar-refractivity contribution < 1.29 is 13.9 Å². The first-order valence-electron chi connectivity index (χ1n) is 7.82. The number of nitrogens with zero attached hydrogens (tertiary/aromatic N) is 1. The number of guanidine groups is 1. The molecule has 0 saturated heterocycles. The molecule has 1 aromatic carbocycles. The van der Waals surface area contributed by atoms with Crippen molar-refractivity contribution in [1.82, 2.24) is 5.32 Å². The van der Waals surface area contributed by atoms with Gasteiger partial charge in [0.2, 0.25) is 0 Å². The van der Waals surface area contributed by atoms with Crippen LogP contribution in [0.5, 0.6) is 11.5 Å². The van der Waals surface area contributed by atoms with Crippen molar-refractivity contribution in [3.8, 4) is 11.5 Å². The minimum absolute atomic E-state index is 0. The molecule has 0 unspecified atom stereocenters. The highest BCUT2D eigenvalue weighted by atomic mass is 127. The summed E-state index contributed by atoms with van der Waals surface area (Å²) in [5, 5.41) is 6.49. The van der Waals surface area contributed by atoms with Gasteiger partial charge in [-0.15, -0.1) is 24.0 Å². The zero-order valence-corrected chi connectivity index (χ0v) is 15.9. The van der Waals surface area contributed by atoms with E-state index in [2.05, 4.69) is 15.6 Å². The van der Waals surface area contributed by atoms with E-state index in [0.717, 1.165) is 35.9 Å². The summed E-state index contributed by atoms with van der Waals surface area (Å²) in [6.07, 6.45) is 2.54. The SMILES string of the molecule is CCNC(=NCc1ccco1)Nc1ccc2c(c1)OCCCO2.I. The second-order valence-electron chi connectivity index (χ2n) is 5.11. The third-order valence-electron chi connectivity index (χ3n) is 3.33. The predicted octanol–water partition coefficient (Wildman–Crippen LogP) is 3.64. The highest BCUT2D eigenvalue weighted by molar-refractivity contribution is 14.0. The maximum atomic E-state index is 5.71. The summed E-state index contributed by atoms with van der Waals surface area (Å²) in [5.74, 6) is 3.05. The third-order valence-corrected chi connectivity index (χ3v) is 3.33. The Hall–Kier alpha value is -1.90. The van der Waals surface area contributed by atoms with E-state index in [1.54, 1.807) is 6.26 Å². The normalized spacial score (nSPS) is 13.6. The van der Waals surface area contributed by atoms with Gasteiger partial charge in [-0.2, -0.15) is 0 Å². The van der Waals surface area contributed by atoms with Gasteiger partial charge in [0.25, 0.3) is 0 Å². The second kappa shape index (κ2) is 9.41. The molecular weight excluding hydrogens is 421 g/mol. The molecule has 0 atom stereocenters. The summed E-state index contributed by atoms with van der Waals surface area (Å²) in [6.45, 7) is 4.63. The lowest BCUT2D eigenvalue weighted by Gasteiger charge is -2.13. The van der Waals surface area contributed by atoms with Crippen LogP contribution >= 0.6 is 24.0 Å². The smallest absolute Gasteiger partial charge is 0.196 e. The van der Waals surface area contributed by atoms with Gasteiger partial charge in [0.1, 0.15) is 12.3 Å². The van der Waals surface area contributed by atoms with E-state index in [4.69, 9.17) is 13.9 Å². The Labute approximate surface area is 158 Å². The first kappa shape index (κ1) is 18.4. The summed E-state index contributed by atoms with van der Waals surface area (Å²) in [7, 11) is 0. The summed E-state index contributed by atoms with van der Waals surface area (Å²) < 4.78 is 16.7. The van der Waals surface area contributed by atoms with E-state index >= 15 is 0 Å². The first-order valence-corrected chi connectivity index (χ1v) is 7.82. The molecule has 1 aliphatic heterocycles. The molecular formula is C17H22IN3O3. The first-order chi connectivity index (χ1) is 11.3. The molecule has 2 N–H and O–H groups in total. The van der Waals surface area contributed by atoms with Crippen LogP contribution in [0.3, 0.4) is 0 Å². The van der Waals surface area contributed by atoms with Crippen molar-refractivity contribution >= 4 is 35.6 Å². The largest absolute Gasteiger partial charge is 0.490 e. The van der Waals surface area contributed by atoms with Crippen molar-refractivity contribution in [2.45, 2.75) is 19.9 Å². The van der Waals surface area contributed by atoms with Crippen LogP contribution in [0.25, 0.3) is 0 Å². The molecule has 0 amide bonds. The van der Waals surface area contributed by atoms with E-state index in [1.807, 2.05) is 37.3 Å². The van der Waals surface area contributed by atoms with Gasteiger partial charge in [0, 0.05) is 24.7 Å². The van der Waals surface area contributed by atoms with Crippen molar-refractivity contribution in [2.24, 2.45) is 4.99 Å². The lowest BCUT2D eigenvalue weighted by atomic mass is 10.3. The van der Waals surface area contributed by atoms with Gasteiger partial charge in [-0.25, -0.2) is 4.99 Å². The molecule has 6 nitrogen and oxygen atoms in total. The molecule has 3 rings (SSSR count). The Morgan fingerprint density at radius 3 is 2.75 bits per heavy atom. The monoisotopic (exact) mass is 443 g/mol. The number of ether oxygens (including phenoxy) is 2. The number of anilines is 1. The fourth-order valence-corrected chi connectivity index (χ4v) is 2.24. The lowest BCUT2D eigenvalue weighted by Crippen LogP contribution is -2.30. The molecule has 24 heavy (non-hydrogen) atoms. The van der Waals surface area contributed by atoms with E-state index in [9.17, 15) is 0 Å². The van der Waals surface area contributed by atoms with Crippen LogP contribution in [0.15, 0.2) is 46.0 Å². The van der Waals surface area contributed by atoms with Crippen LogP contribution in [0, 0.1) is 0 Å². The molecule has 2 heterocycles. The zero-order chi connectivity index (χ0) is 15.9. The number of hydrogen-bond donors (Lipinski definition) is 2. The van der Waals surface area contributed by atoms with Gasteiger partial charge in [-0.05, 0) is 31.2 Å². The van der Waals surface area contributed by atoms with Crippen LogP contribution in [0.1, 0.15) is 19.1 Å². The van der Waals surface area contributed by atoms with E-state index in [1.165, 1.54) is 0 Å². The fourth-order valence-electron chi connectivity index (χ4n) is 2.24. The number of furan rings is 1. The number of hydrogen-bond acceptors (Lipinski definition) is 4. The van der Waals surface area contributed by atoms with Gasteiger partial charge in [-0.3, -0.25) is 0 Å². The molecule has 7 heteroatoms. The molecule has 0 saturated carbocycles. The highest BCUT2D eigenvalue weighted by Crippen LogP contribution is 2.32. The fraction of sp³-hybridized carbons (Fsp3) is 0.353. The molecule has 0 aliphatic carbocycles. The van der Waals surface area contributed by atoms with Crippen LogP contribution in [-0.2, 0) is 6.54 Å². The molecule has 0 bridgehead atoms. The quantitative estimate of drug-likeness (QED) is 0.429. The van der Waals surface area contributed by atoms with E-state index in [-0.39, 0.29) is 24.0 Å². The van der Waals surface area contributed by atoms with Crippen LogP contribution < -0.4 is 20.1 Å². The maximum absolute atomic E-state index is 5.71. The van der Waals surface area contributed by atoms with Crippen molar-refractivity contribution in [1.29, 1.82) is 0 Å². The Bertz CT molecular complexity index is 659. The van der Waals surface area contributed by atoms with Crippen molar-refractivity contribution in [3.63, 3.8) is 0 Å². The lowest BCUT2D eigenvalue weighted by molar-refractivity contribution is 0.297. The van der Waals surface area contributed by atoms with Crippen molar-refractivity contribution in [3.05, 3.63) is 42.4 Å². The Kier molecular flexibility index (Phi) is 7.23. The minimum Gasteiger partial charge on any atom is -0.490 e. The minimum atomic E-state index is 0. The van der Waals surface area contributed by atoms with Gasteiger partial charge >= 0.3 is 0 Å². The van der Waals surface area contributed by atoms with Gasteiger partial charge in [0.15, 0.2) is 17.5 Å². The molecule has 1 aromatic heterocycles. The van der Waals surface area contributed by atoms with E-state index < -0.39 is 0 Å². The average molecular weight is 443 g/mol. The Balaban J connectivity index is 0.00000208. The van der Waals surface area contributed by atoms with Crippen LogP contribution in [0.2, 0.25) is 0 Å². The summed E-state index contributed by atoms with van der Waals surface area (Å²) in [5.41, 5.74) is 0.897. The zero-order valence-electron chi connectivity index (χ0n) is 13.6. The highest BCUT2D eigenvalue weighted by Gasteiger charge is 2.11. The maximum Gasteiger partial charge on any atom is 0.196 e.